The predicted octanol–water partition coefficient (Wildman–Crippen LogP) is 1.99. The highest BCUT2D eigenvalue weighted by molar-refractivity contribution is 5.55. The van der Waals surface area contributed by atoms with Crippen LogP contribution in [-0.4, -0.2) is 11.9 Å². The number of fused-ring (bicyclic) bond motifs is 1. The van der Waals surface area contributed by atoms with Gasteiger partial charge in [0.2, 0.25) is 18.4 Å². The van der Waals surface area contributed by atoms with Crippen LogP contribution in [0.5, 0.6) is 17.2 Å². The minimum absolute atomic E-state index is 0.0205. The molecule has 92 valence electrons. The molecule has 4 nitrogen and oxygen atoms in total. The lowest BCUT2D eigenvalue weighted by atomic mass is 9.88. The Balaban J connectivity index is 2.14. The molecule has 0 spiro atoms. The molecule has 1 aliphatic heterocycles. The smallest absolute Gasteiger partial charge is 0.231 e. The minimum atomic E-state index is -0.772. The maximum Gasteiger partial charge on any atom is 0.231 e. The van der Waals surface area contributed by atoms with Gasteiger partial charge in [-0.15, -0.1) is 0 Å². The van der Waals surface area contributed by atoms with E-state index in [1.807, 2.05) is 0 Å². The molecule has 3 rings (SSSR count). The molecule has 1 heterocycles. The van der Waals surface area contributed by atoms with Gasteiger partial charge >= 0.3 is 0 Å². The number of hydrogen-bond donors (Lipinski definition) is 2. The van der Waals surface area contributed by atoms with Crippen LogP contribution in [-0.2, 0) is 5.54 Å². The minimum Gasteiger partial charge on any atom is -0.504 e. The van der Waals surface area contributed by atoms with E-state index in [4.69, 9.17) is 15.2 Å². The van der Waals surface area contributed by atoms with Crippen LogP contribution in [0.1, 0.15) is 31.2 Å². The van der Waals surface area contributed by atoms with Gasteiger partial charge in [0.15, 0.2) is 11.5 Å². The Bertz CT molecular complexity index is 469. The zero-order valence-electron chi connectivity index (χ0n) is 9.33. The van der Waals surface area contributed by atoms with E-state index in [1.165, 1.54) is 0 Å². The molecule has 0 unspecified atom stereocenters. The van der Waals surface area contributed by atoms with Crippen LogP contribution in [0.4, 0.5) is 4.39 Å². The van der Waals surface area contributed by atoms with Crippen molar-refractivity contribution in [2.75, 3.05) is 6.79 Å². The number of phenolic OH excluding ortho intramolecular Hbond substituents is 1. The summed E-state index contributed by atoms with van der Waals surface area (Å²) in [6, 6.07) is 1.60. The van der Waals surface area contributed by atoms with Gasteiger partial charge in [0, 0.05) is 11.1 Å². The summed E-state index contributed by atoms with van der Waals surface area (Å²) in [7, 11) is 0. The Labute approximate surface area is 98.1 Å². The molecule has 17 heavy (non-hydrogen) atoms. The highest BCUT2D eigenvalue weighted by Gasteiger charge is 2.37. The second-order valence-electron chi connectivity index (χ2n) is 4.68. The van der Waals surface area contributed by atoms with E-state index in [-0.39, 0.29) is 12.5 Å². The van der Waals surface area contributed by atoms with Crippen molar-refractivity contribution in [3.8, 4) is 17.2 Å². The number of ether oxygens (including phenoxy) is 2. The van der Waals surface area contributed by atoms with Crippen LogP contribution in [0.3, 0.4) is 0 Å². The van der Waals surface area contributed by atoms with E-state index in [0.717, 1.165) is 25.7 Å². The number of hydrogen-bond acceptors (Lipinski definition) is 4. The highest BCUT2D eigenvalue weighted by atomic mass is 19.1. The monoisotopic (exact) mass is 239 g/mol. The maximum atomic E-state index is 13.9. The molecular formula is C12H14FNO3. The van der Waals surface area contributed by atoms with Crippen molar-refractivity contribution >= 4 is 0 Å². The number of halogens is 1. The number of benzene rings is 1. The van der Waals surface area contributed by atoms with Crippen molar-refractivity contribution in [1.29, 1.82) is 0 Å². The molecule has 0 radical (unpaired) electrons. The Morgan fingerprint density at radius 2 is 2.00 bits per heavy atom. The van der Waals surface area contributed by atoms with E-state index in [1.54, 1.807) is 6.07 Å². The molecule has 3 N–H and O–H groups in total. The fourth-order valence-electron chi connectivity index (χ4n) is 2.65. The average molecular weight is 239 g/mol. The standard InChI is InChI=1S/C12H14FNO3/c13-9-10(15)7(12(14)3-1-2-4-12)5-8-11(9)17-6-16-8/h5,15H,1-4,6,14H2. The van der Waals surface area contributed by atoms with Gasteiger partial charge in [-0.2, -0.15) is 4.39 Å². The molecule has 0 amide bonds. The number of phenols is 1. The van der Waals surface area contributed by atoms with Crippen molar-refractivity contribution in [1.82, 2.24) is 0 Å². The van der Waals surface area contributed by atoms with Gasteiger partial charge in [0.25, 0.3) is 0 Å². The number of rotatable bonds is 1. The van der Waals surface area contributed by atoms with Gasteiger partial charge in [-0.05, 0) is 18.9 Å². The Morgan fingerprint density at radius 3 is 2.71 bits per heavy atom. The number of nitrogens with two attached hydrogens (primary N) is 1. The van der Waals surface area contributed by atoms with E-state index >= 15 is 0 Å². The fraction of sp³-hybridized carbons (Fsp3) is 0.500. The second kappa shape index (κ2) is 3.50. The molecule has 0 atom stereocenters. The van der Waals surface area contributed by atoms with Gasteiger partial charge in [-0.1, -0.05) is 12.8 Å². The van der Waals surface area contributed by atoms with Crippen LogP contribution in [0, 0.1) is 5.82 Å². The molecule has 1 aromatic rings. The summed E-state index contributed by atoms with van der Waals surface area (Å²) in [5, 5.41) is 9.90. The van der Waals surface area contributed by atoms with E-state index in [0.29, 0.717) is 11.3 Å². The third kappa shape index (κ3) is 1.45. The van der Waals surface area contributed by atoms with Crippen molar-refractivity contribution in [3.05, 3.63) is 17.4 Å². The molecule has 2 aliphatic rings. The second-order valence-corrected chi connectivity index (χ2v) is 4.68. The molecule has 1 saturated carbocycles. The van der Waals surface area contributed by atoms with Gasteiger partial charge in [-0.25, -0.2) is 0 Å². The first-order valence-corrected chi connectivity index (χ1v) is 5.72. The van der Waals surface area contributed by atoms with Crippen molar-refractivity contribution in [2.24, 2.45) is 5.73 Å². The van der Waals surface area contributed by atoms with Crippen molar-refractivity contribution < 1.29 is 19.0 Å². The van der Waals surface area contributed by atoms with E-state index in [2.05, 4.69) is 0 Å². The summed E-state index contributed by atoms with van der Waals surface area (Å²) in [5.74, 6) is -0.870. The van der Waals surface area contributed by atoms with Crippen LogP contribution in [0.25, 0.3) is 0 Å². The summed E-state index contributed by atoms with van der Waals surface area (Å²) in [5.41, 5.74) is 6.00. The molecule has 1 aliphatic carbocycles. The first-order chi connectivity index (χ1) is 8.12. The normalized spacial score (nSPS) is 20.8. The molecule has 1 aromatic carbocycles. The summed E-state index contributed by atoms with van der Waals surface area (Å²) >= 11 is 0. The largest absolute Gasteiger partial charge is 0.504 e. The highest BCUT2D eigenvalue weighted by Crippen LogP contribution is 2.48. The maximum absolute atomic E-state index is 13.9. The zero-order chi connectivity index (χ0) is 12.0. The van der Waals surface area contributed by atoms with Crippen LogP contribution < -0.4 is 15.2 Å². The van der Waals surface area contributed by atoms with Gasteiger partial charge in [0.1, 0.15) is 0 Å². The lowest BCUT2D eigenvalue weighted by Crippen LogP contribution is -2.33. The van der Waals surface area contributed by atoms with E-state index < -0.39 is 17.1 Å². The number of aromatic hydroxyl groups is 1. The average Bonchev–Trinajstić information content (AvgIpc) is 2.92. The summed E-state index contributed by atoms with van der Waals surface area (Å²) in [6.45, 7) is -0.0211. The van der Waals surface area contributed by atoms with Crippen LogP contribution >= 0.6 is 0 Å². The summed E-state index contributed by atoms with van der Waals surface area (Å²) < 4.78 is 24.0. The van der Waals surface area contributed by atoms with E-state index in [9.17, 15) is 9.50 Å². The zero-order valence-corrected chi connectivity index (χ0v) is 9.33. The molecule has 0 saturated heterocycles. The molecule has 5 heteroatoms. The Hall–Kier alpha value is -1.49. The molecule has 0 aromatic heterocycles. The van der Waals surface area contributed by atoms with Gasteiger partial charge < -0.3 is 20.3 Å². The fourth-order valence-corrected chi connectivity index (χ4v) is 2.65. The molecule has 0 bridgehead atoms. The summed E-state index contributed by atoms with van der Waals surface area (Å²) in [4.78, 5) is 0. The lowest BCUT2D eigenvalue weighted by molar-refractivity contribution is 0.170. The SMILES string of the molecule is NC1(c2cc3c(c(F)c2O)OCO3)CCCC1. The van der Waals surface area contributed by atoms with Gasteiger partial charge in [0.05, 0.1) is 0 Å². The molecular weight excluding hydrogens is 225 g/mol. The first kappa shape index (κ1) is 10.7. The third-order valence-corrected chi connectivity index (χ3v) is 3.61. The van der Waals surface area contributed by atoms with Crippen molar-refractivity contribution in [3.63, 3.8) is 0 Å². The summed E-state index contributed by atoms with van der Waals surface area (Å²) in [6.07, 6.45) is 3.48. The first-order valence-electron chi connectivity index (χ1n) is 5.72. The Morgan fingerprint density at radius 1 is 1.29 bits per heavy atom. The van der Waals surface area contributed by atoms with Gasteiger partial charge in [-0.3, -0.25) is 0 Å². The van der Waals surface area contributed by atoms with Crippen LogP contribution in [0.15, 0.2) is 6.07 Å². The quantitative estimate of drug-likeness (QED) is 0.786. The predicted molar refractivity (Wildman–Crippen MR) is 58.5 cm³/mol. The third-order valence-electron chi connectivity index (χ3n) is 3.61. The van der Waals surface area contributed by atoms with Crippen molar-refractivity contribution in [2.45, 2.75) is 31.2 Å². The van der Waals surface area contributed by atoms with Crippen LogP contribution in [0.2, 0.25) is 0 Å². The lowest BCUT2D eigenvalue weighted by Gasteiger charge is -2.25. The molecule has 1 fully saturated rings. The topological polar surface area (TPSA) is 64.7 Å². The Kier molecular flexibility index (Phi) is 2.19.